The molecule has 6 heteroatoms. The third-order valence-electron chi connectivity index (χ3n) is 3.68. The van der Waals surface area contributed by atoms with Crippen LogP contribution in [0.5, 0.6) is 5.88 Å². The van der Waals surface area contributed by atoms with Gasteiger partial charge in [-0.1, -0.05) is 6.92 Å². The maximum atomic E-state index is 12.3. The average molecular weight is 306 g/mol. The molecule has 6 nitrogen and oxygen atoms in total. The Morgan fingerprint density at radius 3 is 2.64 bits per heavy atom. The summed E-state index contributed by atoms with van der Waals surface area (Å²) in [6, 6.07) is 3.32. The Labute approximate surface area is 130 Å². The molecule has 0 radical (unpaired) electrons. The Kier molecular flexibility index (Phi) is 5.75. The van der Waals surface area contributed by atoms with E-state index in [9.17, 15) is 9.59 Å². The molecule has 2 rings (SSSR count). The predicted octanol–water partition coefficient (Wildman–Crippen LogP) is 2.34. The van der Waals surface area contributed by atoms with Gasteiger partial charge in [0.1, 0.15) is 12.6 Å². The number of carbonyl (C=O) groups excluding carboxylic acids is 1. The minimum absolute atomic E-state index is 0.220. The summed E-state index contributed by atoms with van der Waals surface area (Å²) >= 11 is 0. The highest BCUT2D eigenvalue weighted by Crippen LogP contribution is 2.23. The number of hydrogen-bond donors (Lipinski definition) is 1. The summed E-state index contributed by atoms with van der Waals surface area (Å²) in [5.74, 6) is -0.816. The summed E-state index contributed by atoms with van der Waals surface area (Å²) < 4.78 is 5.75. The number of aromatic nitrogens is 1. The van der Waals surface area contributed by atoms with Gasteiger partial charge in [-0.3, -0.25) is 9.59 Å². The van der Waals surface area contributed by atoms with Crippen LogP contribution in [0.1, 0.15) is 49.4 Å². The molecule has 0 saturated heterocycles. The molecule has 120 valence electrons. The molecular formula is C16H22N2O4. The van der Waals surface area contributed by atoms with Crippen molar-refractivity contribution in [3.63, 3.8) is 0 Å². The first-order chi connectivity index (χ1) is 10.6. The summed E-state index contributed by atoms with van der Waals surface area (Å²) in [5.41, 5.74) is 0.383. The van der Waals surface area contributed by atoms with Gasteiger partial charge in [0.25, 0.3) is 5.91 Å². The first kappa shape index (κ1) is 16.3. The Bertz CT molecular complexity index is 509. The quantitative estimate of drug-likeness (QED) is 0.836. The number of aliphatic carboxylic acids is 1. The molecule has 1 aliphatic carbocycles. The molecule has 0 spiro atoms. The van der Waals surface area contributed by atoms with E-state index in [-0.39, 0.29) is 18.6 Å². The number of hydrogen-bond acceptors (Lipinski definition) is 4. The highest BCUT2D eigenvalue weighted by molar-refractivity contribution is 5.95. The van der Waals surface area contributed by atoms with Crippen LogP contribution in [0.3, 0.4) is 0 Å². The van der Waals surface area contributed by atoms with Gasteiger partial charge in [0, 0.05) is 18.8 Å². The number of carboxylic acid groups (broad SMARTS) is 1. The highest BCUT2D eigenvalue weighted by Gasteiger charge is 2.19. The van der Waals surface area contributed by atoms with Crippen molar-refractivity contribution in [1.82, 2.24) is 9.88 Å². The van der Waals surface area contributed by atoms with Crippen molar-refractivity contribution in [2.45, 2.75) is 45.1 Å². The van der Waals surface area contributed by atoms with Crippen molar-refractivity contribution in [1.29, 1.82) is 0 Å². The zero-order valence-electron chi connectivity index (χ0n) is 12.8. The van der Waals surface area contributed by atoms with E-state index in [2.05, 4.69) is 4.98 Å². The van der Waals surface area contributed by atoms with E-state index in [0.29, 0.717) is 24.4 Å². The molecule has 1 amide bonds. The van der Waals surface area contributed by atoms with Gasteiger partial charge in [-0.25, -0.2) is 4.98 Å². The third kappa shape index (κ3) is 4.44. The van der Waals surface area contributed by atoms with Gasteiger partial charge in [-0.05, 0) is 38.2 Å². The first-order valence-corrected chi connectivity index (χ1v) is 7.74. The van der Waals surface area contributed by atoms with E-state index in [4.69, 9.17) is 9.84 Å². The van der Waals surface area contributed by atoms with Crippen molar-refractivity contribution >= 4 is 11.9 Å². The molecule has 0 bridgehead atoms. The molecule has 1 N–H and O–H groups in total. The molecule has 1 aliphatic rings. The summed E-state index contributed by atoms with van der Waals surface area (Å²) in [6.45, 7) is 2.01. The number of nitrogens with zero attached hydrogens (tertiary/aromatic N) is 2. The van der Waals surface area contributed by atoms with Gasteiger partial charge in [0.2, 0.25) is 5.88 Å². The van der Waals surface area contributed by atoms with Gasteiger partial charge in [-0.2, -0.15) is 0 Å². The maximum Gasteiger partial charge on any atom is 0.323 e. The van der Waals surface area contributed by atoms with E-state index in [1.807, 2.05) is 6.92 Å². The maximum absolute atomic E-state index is 12.3. The van der Waals surface area contributed by atoms with Gasteiger partial charge in [0.15, 0.2) is 0 Å². The fourth-order valence-corrected chi connectivity index (χ4v) is 2.62. The number of amides is 1. The number of ether oxygens (including phenoxy) is 1. The van der Waals surface area contributed by atoms with Crippen molar-refractivity contribution < 1.29 is 19.4 Å². The van der Waals surface area contributed by atoms with Gasteiger partial charge in [0.05, 0.1) is 5.56 Å². The number of carbonyl (C=O) groups is 2. The van der Waals surface area contributed by atoms with Crippen LogP contribution in [-0.4, -0.2) is 46.1 Å². The van der Waals surface area contributed by atoms with Crippen molar-refractivity contribution in [3.8, 4) is 5.88 Å². The molecule has 0 aromatic carbocycles. The van der Waals surface area contributed by atoms with Crippen molar-refractivity contribution in [3.05, 3.63) is 23.9 Å². The molecule has 0 unspecified atom stereocenters. The molecule has 1 saturated carbocycles. The lowest BCUT2D eigenvalue weighted by Gasteiger charge is -2.20. The predicted molar refractivity (Wildman–Crippen MR) is 81.0 cm³/mol. The lowest BCUT2D eigenvalue weighted by molar-refractivity contribution is -0.137. The second kappa shape index (κ2) is 7.77. The minimum Gasteiger partial charge on any atom is -0.480 e. The van der Waals surface area contributed by atoms with Gasteiger partial charge in [-0.15, -0.1) is 0 Å². The molecule has 22 heavy (non-hydrogen) atoms. The number of pyridine rings is 1. The van der Waals surface area contributed by atoms with Crippen LogP contribution < -0.4 is 4.74 Å². The lowest BCUT2D eigenvalue weighted by Crippen LogP contribution is -2.36. The van der Waals surface area contributed by atoms with E-state index in [1.165, 1.54) is 23.9 Å². The second-order valence-corrected chi connectivity index (χ2v) is 5.53. The van der Waals surface area contributed by atoms with Crippen molar-refractivity contribution in [2.24, 2.45) is 0 Å². The van der Waals surface area contributed by atoms with E-state index >= 15 is 0 Å². The number of carboxylic acids is 1. The van der Waals surface area contributed by atoms with Crippen LogP contribution in [0, 0.1) is 0 Å². The molecular weight excluding hydrogens is 284 g/mol. The normalized spacial score (nSPS) is 14.8. The smallest absolute Gasteiger partial charge is 0.323 e. The Balaban J connectivity index is 2.00. The average Bonchev–Trinajstić information content (AvgIpc) is 2.99. The largest absolute Gasteiger partial charge is 0.480 e. The zero-order chi connectivity index (χ0) is 15.9. The van der Waals surface area contributed by atoms with Gasteiger partial charge < -0.3 is 14.7 Å². The first-order valence-electron chi connectivity index (χ1n) is 7.74. The summed E-state index contributed by atoms with van der Waals surface area (Å²) in [5, 5.41) is 8.88. The monoisotopic (exact) mass is 306 g/mol. The van der Waals surface area contributed by atoms with Crippen LogP contribution in [0.15, 0.2) is 18.3 Å². The standard InChI is InChI=1S/C16H22N2O4/c1-2-9-18(11-15(19)20)16(21)12-7-8-14(17-10-12)22-13-5-3-4-6-13/h7-8,10,13H,2-6,9,11H2,1H3,(H,19,20). The SMILES string of the molecule is CCCN(CC(=O)O)C(=O)c1ccc(OC2CCCC2)nc1. The topological polar surface area (TPSA) is 79.7 Å². The van der Waals surface area contributed by atoms with Crippen molar-refractivity contribution in [2.75, 3.05) is 13.1 Å². The molecule has 0 aliphatic heterocycles. The third-order valence-corrected chi connectivity index (χ3v) is 3.68. The van der Waals surface area contributed by atoms with Crippen LogP contribution in [0.4, 0.5) is 0 Å². The second-order valence-electron chi connectivity index (χ2n) is 5.53. The summed E-state index contributed by atoms with van der Waals surface area (Å²) in [7, 11) is 0. The molecule has 1 aromatic rings. The fourth-order valence-electron chi connectivity index (χ4n) is 2.62. The van der Waals surface area contributed by atoms with Gasteiger partial charge >= 0.3 is 5.97 Å². The molecule has 1 fully saturated rings. The Morgan fingerprint density at radius 2 is 2.09 bits per heavy atom. The van der Waals surface area contributed by atoms with E-state index in [1.54, 1.807) is 12.1 Å². The summed E-state index contributed by atoms with van der Waals surface area (Å²) in [4.78, 5) is 28.6. The van der Waals surface area contributed by atoms with Crippen LogP contribution in [0.25, 0.3) is 0 Å². The Morgan fingerprint density at radius 1 is 1.36 bits per heavy atom. The molecule has 1 aromatic heterocycles. The summed E-state index contributed by atoms with van der Waals surface area (Å²) in [6.07, 6.45) is 6.84. The molecule has 0 atom stereocenters. The Hall–Kier alpha value is -2.11. The van der Waals surface area contributed by atoms with E-state index < -0.39 is 5.97 Å². The highest BCUT2D eigenvalue weighted by atomic mass is 16.5. The van der Waals surface area contributed by atoms with Crippen LogP contribution in [-0.2, 0) is 4.79 Å². The van der Waals surface area contributed by atoms with Crippen LogP contribution in [0.2, 0.25) is 0 Å². The lowest BCUT2D eigenvalue weighted by atomic mass is 10.2. The minimum atomic E-state index is -1.02. The molecule has 1 heterocycles. The fraction of sp³-hybridized carbons (Fsp3) is 0.562. The van der Waals surface area contributed by atoms with Crippen LogP contribution >= 0.6 is 0 Å². The van der Waals surface area contributed by atoms with E-state index in [0.717, 1.165) is 12.8 Å². The zero-order valence-corrected chi connectivity index (χ0v) is 12.8. The number of rotatable bonds is 7.